The smallest absolute Gasteiger partial charge is 0.222 e. The van der Waals surface area contributed by atoms with Gasteiger partial charge in [0.05, 0.1) is 6.61 Å². The van der Waals surface area contributed by atoms with E-state index in [1.807, 2.05) is 27.9 Å². The van der Waals surface area contributed by atoms with Crippen molar-refractivity contribution in [2.75, 3.05) is 52.5 Å². The number of hydrogen-bond acceptors (Lipinski definition) is 4. The molecule has 0 saturated carbocycles. The molecule has 0 radical (unpaired) electrons. The zero-order valence-corrected chi connectivity index (χ0v) is 17.6. The number of nitrogens with zero attached hydrogens (tertiary/aromatic N) is 2. The van der Waals surface area contributed by atoms with Crippen molar-refractivity contribution >= 4 is 28.9 Å². The van der Waals surface area contributed by atoms with Crippen LogP contribution < -0.4 is 0 Å². The maximum atomic E-state index is 12.2. The summed E-state index contributed by atoms with van der Waals surface area (Å²) in [6.07, 6.45) is 6.15. The van der Waals surface area contributed by atoms with Gasteiger partial charge in [0, 0.05) is 45.8 Å². The number of piperazine rings is 1. The highest BCUT2D eigenvalue weighted by molar-refractivity contribution is 14.1. The number of amides is 1. The molecule has 0 aromatic rings. The van der Waals surface area contributed by atoms with Crippen LogP contribution in [0.25, 0.3) is 0 Å². The fourth-order valence-corrected chi connectivity index (χ4v) is 3.11. The Bertz CT molecular complexity index is 321. The van der Waals surface area contributed by atoms with Crippen molar-refractivity contribution in [2.24, 2.45) is 5.92 Å². The van der Waals surface area contributed by atoms with Crippen LogP contribution in [-0.4, -0.2) is 68.3 Å². The van der Waals surface area contributed by atoms with E-state index in [2.05, 4.69) is 18.7 Å². The third-order valence-electron chi connectivity index (χ3n) is 4.44. The summed E-state index contributed by atoms with van der Waals surface area (Å²) < 4.78 is 10.6. The van der Waals surface area contributed by atoms with E-state index in [9.17, 15) is 4.79 Å². The van der Waals surface area contributed by atoms with Gasteiger partial charge in [0.1, 0.15) is 23.0 Å². The van der Waals surface area contributed by atoms with Gasteiger partial charge in [-0.15, -0.1) is 0 Å². The van der Waals surface area contributed by atoms with Crippen LogP contribution in [0.5, 0.6) is 0 Å². The standard InChI is InChI=1S/C18H35IN2O3/c1-17(2)8-16-23-14-6-7-18(22)21-12-10-20(11-13-21)9-4-3-5-15-24-19/h17H,3-16H2,1-2H3. The third-order valence-corrected chi connectivity index (χ3v) is 4.88. The molecule has 1 saturated heterocycles. The van der Waals surface area contributed by atoms with Crippen LogP contribution in [0.3, 0.4) is 0 Å². The molecule has 1 aliphatic rings. The highest BCUT2D eigenvalue weighted by Crippen LogP contribution is 2.08. The van der Waals surface area contributed by atoms with E-state index in [4.69, 9.17) is 7.80 Å². The first-order valence-electron chi connectivity index (χ1n) is 9.45. The highest BCUT2D eigenvalue weighted by Gasteiger charge is 2.20. The second-order valence-corrected chi connectivity index (χ2v) is 7.62. The van der Waals surface area contributed by atoms with Crippen LogP contribution in [0.1, 0.15) is 52.4 Å². The fraction of sp³-hybridized carbons (Fsp3) is 0.944. The van der Waals surface area contributed by atoms with Gasteiger partial charge in [-0.2, -0.15) is 0 Å². The fourth-order valence-electron chi connectivity index (χ4n) is 2.79. The quantitative estimate of drug-likeness (QED) is 0.316. The molecule has 6 heteroatoms. The lowest BCUT2D eigenvalue weighted by Crippen LogP contribution is -2.48. The van der Waals surface area contributed by atoms with Gasteiger partial charge in [-0.1, -0.05) is 13.8 Å². The molecule has 5 nitrogen and oxygen atoms in total. The van der Waals surface area contributed by atoms with Gasteiger partial charge in [-0.05, 0) is 44.6 Å². The maximum Gasteiger partial charge on any atom is 0.222 e. The Labute approximate surface area is 162 Å². The molecule has 1 amide bonds. The lowest BCUT2D eigenvalue weighted by atomic mass is 10.1. The highest BCUT2D eigenvalue weighted by atomic mass is 127. The molecule has 24 heavy (non-hydrogen) atoms. The first kappa shape index (κ1) is 22.1. The molecule has 0 atom stereocenters. The SMILES string of the molecule is CC(C)CCOCCCC(=O)N1CCN(CCCCCOI)CC1. The average Bonchev–Trinajstić information content (AvgIpc) is 2.58. The van der Waals surface area contributed by atoms with E-state index < -0.39 is 0 Å². The Morgan fingerprint density at radius 2 is 1.75 bits per heavy atom. The topological polar surface area (TPSA) is 42.0 Å². The predicted octanol–water partition coefficient (Wildman–Crippen LogP) is 3.51. The number of carbonyl (C=O) groups is 1. The van der Waals surface area contributed by atoms with Crippen molar-refractivity contribution in [3.8, 4) is 0 Å². The molecule has 0 bridgehead atoms. The number of hydrogen-bond donors (Lipinski definition) is 0. The van der Waals surface area contributed by atoms with Crippen molar-refractivity contribution in [2.45, 2.75) is 52.4 Å². The van der Waals surface area contributed by atoms with E-state index in [1.165, 1.54) is 12.8 Å². The maximum absolute atomic E-state index is 12.2. The van der Waals surface area contributed by atoms with Crippen LogP contribution in [0.4, 0.5) is 0 Å². The van der Waals surface area contributed by atoms with Crippen molar-refractivity contribution in [1.29, 1.82) is 0 Å². The van der Waals surface area contributed by atoms with Gasteiger partial charge in [0.2, 0.25) is 5.91 Å². The Morgan fingerprint density at radius 3 is 2.42 bits per heavy atom. The first-order valence-corrected chi connectivity index (χ1v) is 10.3. The molecule has 142 valence electrons. The van der Waals surface area contributed by atoms with E-state index >= 15 is 0 Å². The monoisotopic (exact) mass is 454 g/mol. The van der Waals surface area contributed by atoms with Gasteiger partial charge in [0.25, 0.3) is 0 Å². The molecule has 0 spiro atoms. The molecule has 1 fully saturated rings. The largest absolute Gasteiger partial charge is 0.381 e. The van der Waals surface area contributed by atoms with E-state index in [-0.39, 0.29) is 0 Å². The molecule has 1 aliphatic heterocycles. The van der Waals surface area contributed by atoms with E-state index in [0.717, 1.165) is 65.2 Å². The lowest BCUT2D eigenvalue weighted by Gasteiger charge is -2.34. The summed E-state index contributed by atoms with van der Waals surface area (Å²) in [7, 11) is 0. The predicted molar refractivity (Wildman–Crippen MR) is 106 cm³/mol. The molecule has 0 unspecified atom stereocenters. The van der Waals surface area contributed by atoms with Crippen LogP contribution in [0.15, 0.2) is 0 Å². The minimum atomic E-state index is 0.293. The number of halogens is 1. The summed E-state index contributed by atoms with van der Waals surface area (Å²) in [5, 5.41) is 0. The zero-order valence-electron chi connectivity index (χ0n) is 15.5. The minimum absolute atomic E-state index is 0.293. The van der Waals surface area contributed by atoms with Crippen molar-refractivity contribution < 1.29 is 12.6 Å². The van der Waals surface area contributed by atoms with E-state index in [1.54, 1.807) is 0 Å². The van der Waals surface area contributed by atoms with E-state index in [0.29, 0.717) is 24.9 Å². The molecule has 0 N–H and O–H groups in total. The molecule has 0 aromatic carbocycles. The van der Waals surface area contributed by atoms with Crippen LogP contribution in [-0.2, 0) is 12.6 Å². The minimum Gasteiger partial charge on any atom is -0.381 e. The Kier molecular flexibility index (Phi) is 13.2. The lowest BCUT2D eigenvalue weighted by molar-refractivity contribution is -0.133. The van der Waals surface area contributed by atoms with Crippen LogP contribution in [0, 0.1) is 5.92 Å². The molecule has 1 rings (SSSR count). The summed E-state index contributed by atoms with van der Waals surface area (Å²) in [6, 6.07) is 0. The summed E-state index contributed by atoms with van der Waals surface area (Å²) in [6.45, 7) is 11.7. The van der Waals surface area contributed by atoms with Crippen LogP contribution >= 0.6 is 23.0 Å². The summed E-state index contributed by atoms with van der Waals surface area (Å²) in [4.78, 5) is 16.7. The average molecular weight is 454 g/mol. The second kappa shape index (κ2) is 14.3. The Morgan fingerprint density at radius 1 is 1.00 bits per heavy atom. The molecule has 0 aliphatic carbocycles. The Balaban J connectivity index is 2.00. The zero-order chi connectivity index (χ0) is 17.6. The van der Waals surface area contributed by atoms with Gasteiger partial charge >= 0.3 is 0 Å². The summed E-state index contributed by atoms with van der Waals surface area (Å²) in [5.74, 6) is 0.976. The number of ether oxygens (including phenoxy) is 1. The van der Waals surface area contributed by atoms with Gasteiger partial charge < -0.3 is 12.7 Å². The molecular formula is C18H35IN2O3. The Hall–Kier alpha value is 0.0800. The van der Waals surface area contributed by atoms with Crippen LogP contribution in [0.2, 0.25) is 0 Å². The summed E-state index contributed by atoms with van der Waals surface area (Å²) in [5.41, 5.74) is 0. The second-order valence-electron chi connectivity index (χ2n) is 6.99. The van der Waals surface area contributed by atoms with Crippen molar-refractivity contribution in [3.63, 3.8) is 0 Å². The summed E-state index contributed by atoms with van der Waals surface area (Å²) >= 11 is 1.95. The van der Waals surface area contributed by atoms with Gasteiger partial charge in [-0.25, -0.2) is 0 Å². The first-order chi connectivity index (χ1) is 11.6. The number of unbranched alkanes of at least 4 members (excludes halogenated alkanes) is 2. The molecule has 0 aromatic heterocycles. The molecular weight excluding hydrogens is 419 g/mol. The third kappa shape index (κ3) is 10.8. The molecule has 1 heterocycles. The number of rotatable bonds is 13. The van der Waals surface area contributed by atoms with Gasteiger partial charge in [-0.3, -0.25) is 9.69 Å². The van der Waals surface area contributed by atoms with Crippen molar-refractivity contribution in [1.82, 2.24) is 9.80 Å². The van der Waals surface area contributed by atoms with Gasteiger partial charge in [0.15, 0.2) is 0 Å². The van der Waals surface area contributed by atoms with Crippen molar-refractivity contribution in [3.05, 3.63) is 0 Å². The normalized spacial score (nSPS) is 16.1. The number of carbonyl (C=O) groups excluding carboxylic acids is 1.